The van der Waals surface area contributed by atoms with E-state index in [9.17, 15) is 14.7 Å². The van der Waals surface area contributed by atoms with Gasteiger partial charge in [-0.05, 0) is 55.1 Å². The van der Waals surface area contributed by atoms with E-state index in [1.165, 1.54) is 0 Å². The Morgan fingerprint density at radius 3 is 1.85 bits per heavy atom. The molecule has 6 nitrogen and oxygen atoms in total. The molecule has 0 saturated carbocycles. The van der Waals surface area contributed by atoms with Gasteiger partial charge in [0.25, 0.3) is 0 Å². The first-order chi connectivity index (χ1) is 15.9. The van der Waals surface area contributed by atoms with Gasteiger partial charge < -0.3 is 21.5 Å². The molecule has 3 aromatic rings. The van der Waals surface area contributed by atoms with Crippen molar-refractivity contribution in [2.75, 3.05) is 6.54 Å². The number of carbonyl (C=O) groups is 2. The van der Waals surface area contributed by atoms with Crippen LogP contribution in [0.4, 0.5) is 0 Å². The van der Waals surface area contributed by atoms with E-state index >= 15 is 0 Å². The molecule has 0 aliphatic heterocycles. The zero-order valence-electron chi connectivity index (χ0n) is 19.3. The van der Waals surface area contributed by atoms with Gasteiger partial charge in [0, 0.05) is 6.54 Å². The van der Waals surface area contributed by atoms with Gasteiger partial charge in [-0.25, -0.2) is 0 Å². The molecule has 0 radical (unpaired) electrons. The van der Waals surface area contributed by atoms with Gasteiger partial charge in [0.1, 0.15) is 11.3 Å². The van der Waals surface area contributed by atoms with E-state index in [-0.39, 0.29) is 30.6 Å². The van der Waals surface area contributed by atoms with Crippen LogP contribution in [0.3, 0.4) is 0 Å². The Morgan fingerprint density at radius 1 is 0.912 bits per heavy atom. The number of halogens is 1. The van der Waals surface area contributed by atoms with E-state index in [1.807, 2.05) is 60.7 Å². The van der Waals surface area contributed by atoms with Gasteiger partial charge >= 0.3 is 0 Å². The molecular formula is C27H32ClN3O3. The third-order valence-electron chi connectivity index (χ3n) is 6.05. The molecular weight excluding hydrogens is 450 g/mol. The summed E-state index contributed by atoms with van der Waals surface area (Å²) < 4.78 is 0. The summed E-state index contributed by atoms with van der Waals surface area (Å²) in [5.41, 5.74) is 12.8. The first kappa shape index (κ1) is 26.9. The molecule has 7 heteroatoms. The van der Waals surface area contributed by atoms with Crippen molar-refractivity contribution in [2.45, 2.75) is 37.8 Å². The summed E-state index contributed by atoms with van der Waals surface area (Å²) in [6.45, 7) is 2.25. The molecule has 180 valence electrons. The van der Waals surface area contributed by atoms with E-state index in [0.717, 1.165) is 16.7 Å². The lowest BCUT2D eigenvalue weighted by atomic mass is 9.85. The van der Waals surface area contributed by atoms with Crippen LogP contribution >= 0.6 is 12.4 Å². The molecule has 2 amide bonds. The number of aromatic hydroxyl groups is 1. The van der Waals surface area contributed by atoms with Crippen LogP contribution in [-0.4, -0.2) is 33.9 Å². The highest BCUT2D eigenvalue weighted by molar-refractivity contribution is 5.94. The molecule has 0 spiro atoms. The van der Waals surface area contributed by atoms with Crippen LogP contribution in [0.25, 0.3) is 0 Å². The van der Waals surface area contributed by atoms with Crippen LogP contribution in [0, 0.1) is 0 Å². The van der Waals surface area contributed by atoms with Gasteiger partial charge in [-0.3, -0.25) is 9.59 Å². The molecule has 3 aromatic carbocycles. The Morgan fingerprint density at radius 2 is 1.41 bits per heavy atom. The summed E-state index contributed by atoms with van der Waals surface area (Å²) in [5.74, 6) is -1.29. The van der Waals surface area contributed by atoms with Crippen molar-refractivity contribution in [2.24, 2.45) is 11.5 Å². The number of amides is 2. The Kier molecular flexibility index (Phi) is 9.66. The second-order valence-corrected chi connectivity index (χ2v) is 8.38. The molecule has 0 saturated heterocycles. The van der Waals surface area contributed by atoms with Gasteiger partial charge in [0.2, 0.25) is 11.8 Å². The summed E-state index contributed by atoms with van der Waals surface area (Å²) in [4.78, 5) is 28.6. The van der Waals surface area contributed by atoms with Crippen LogP contribution in [0.15, 0.2) is 84.9 Å². The van der Waals surface area contributed by atoms with E-state index in [2.05, 4.69) is 0 Å². The van der Waals surface area contributed by atoms with Crippen molar-refractivity contribution in [3.8, 4) is 5.75 Å². The van der Waals surface area contributed by atoms with Gasteiger partial charge in [0.05, 0.1) is 5.92 Å². The molecule has 0 aliphatic carbocycles. The standard InChI is InChI=1S/C27H31N3O3.ClH/c1-27(26(29)33,17-8-18-28)30(19-20-13-15-23(31)16-14-20)25(32)24(21-9-4-2-5-10-21)22-11-6-3-7-12-22;/h2-7,9-16,24,31H,8,17-19,28H2,1H3,(H2,29,33);1H/t27-;/m1./s1. The molecule has 1 atom stereocenters. The maximum atomic E-state index is 14.3. The van der Waals surface area contributed by atoms with Gasteiger partial charge in [-0.1, -0.05) is 72.8 Å². The average Bonchev–Trinajstić information content (AvgIpc) is 2.83. The zero-order chi connectivity index (χ0) is 23.8. The van der Waals surface area contributed by atoms with Crippen molar-refractivity contribution in [3.63, 3.8) is 0 Å². The van der Waals surface area contributed by atoms with Gasteiger partial charge in [-0.15, -0.1) is 12.4 Å². The lowest BCUT2D eigenvalue weighted by Gasteiger charge is -2.41. The normalized spacial score (nSPS) is 12.4. The van der Waals surface area contributed by atoms with Crippen molar-refractivity contribution in [1.29, 1.82) is 0 Å². The van der Waals surface area contributed by atoms with E-state index in [0.29, 0.717) is 19.4 Å². The minimum Gasteiger partial charge on any atom is -0.508 e. The summed E-state index contributed by atoms with van der Waals surface area (Å²) in [7, 11) is 0. The van der Waals surface area contributed by atoms with Crippen molar-refractivity contribution < 1.29 is 14.7 Å². The molecule has 5 N–H and O–H groups in total. The second kappa shape index (κ2) is 12.2. The van der Waals surface area contributed by atoms with Crippen LogP contribution < -0.4 is 11.5 Å². The number of phenolic OH excluding ortho intramolecular Hbond substituents is 1. The van der Waals surface area contributed by atoms with Crippen LogP contribution in [-0.2, 0) is 16.1 Å². The Labute approximate surface area is 207 Å². The fraction of sp³-hybridized carbons (Fsp3) is 0.259. The number of nitrogens with two attached hydrogens (primary N) is 2. The Balaban J connectivity index is 0.00000408. The van der Waals surface area contributed by atoms with Gasteiger partial charge in [-0.2, -0.15) is 0 Å². The Bertz CT molecular complexity index is 1020. The van der Waals surface area contributed by atoms with Gasteiger partial charge in [0.15, 0.2) is 0 Å². The molecule has 0 aromatic heterocycles. The third kappa shape index (κ3) is 6.16. The van der Waals surface area contributed by atoms with Crippen molar-refractivity contribution >= 4 is 24.2 Å². The minimum atomic E-state index is -1.24. The predicted molar refractivity (Wildman–Crippen MR) is 137 cm³/mol. The third-order valence-corrected chi connectivity index (χ3v) is 6.05. The lowest BCUT2D eigenvalue weighted by molar-refractivity contribution is -0.147. The number of carbonyl (C=O) groups excluding carboxylic acids is 2. The lowest BCUT2D eigenvalue weighted by Crippen LogP contribution is -2.58. The second-order valence-electron chi connectivity index (χ2n) is 8.38. The monoisotopic (exact) mass is 481 g/mol. The highest BCUT2D eigenvalue weighted by atomic mass is 35.5. The first-order valence-corrected chi connectivity index (χ1v) is 11.1. The highest BCUT2D eigenvalue weighted by Gasteiger charge is 2.43. The number of phenols is 1. The minimum absolute atomic E-state index is 0. The van der Waals surface area contributed by atoms with Crippen LogP contribution in [0.1, 0.15) is 42.4 Å². The van der Waals surface area contributed by atoms with E-state index in [1.54, 1.807) is 36.1 Å². The zero-order valence-corrected chi connectivity index (χ0v) is 20.1. The molecule has 3 rings (SSSR count). The van der Waals surface area contributed by atoms with Crippen molar-refractivity contribution in [3.05, 3.63) is 102 Å². The summed E-state index contributed by atoms with van der Waals surface area (Å²) in [5, 5.41) is 9.68. The number of benzene rings is 3. The average molecular weight is 482 g/mol. The molecule has 0 fully saturated rings. The summed E-state index contributed by atoms with van der Waals surface area (Å²) >= 11 is 0. The number of nitrogens with zero attached hydrogens (tertiary/aromatic N) is 1. The number of hydrogen-bond acceptors (Lipinski definition) is 4. The van der Waals surface area contributed by atoms with E-state index < -0.39 is 17.4 Å². The molecule has 0 unspecified atom stereocenters. The number of primary amides is 1. The molecule has 34 heavy (non-hydrogen) atoms. The summed E-state index contributed by atoms with van der Waals surface area (Å²) in [6, 6.07) is 25.6. The highest BCUT2D eigenvalue weighted by Crippen LogP contribution is 2.33. The Hall–Kier alpha value is -3.35. The maximum absolute atomic E-state index is 14.3. The quantitative estimate of drug-likeness (QED) is 0.407. The smallest absolute Gasteiger partial charge is 0.243 e. The summed E-state index contributed by atoms with van der Waals surface area (Å²) in [6.07, 6.45) is 0.888. The fourth-order valence-electron chi connectivity index (χ4n) is 4.04. The van der Waals surface area contributed by atoms with Crippen LogP contribution in [0.5, 0.6) is 5.75 Å². The number of hydrogen-bond donors (Lipinski definition) is 3. The molecule has 0 heterocycles. The largest absolute Gasteiger partial charge is 0.508 e. The molecule has 0 aliphatic rings. The van der Waals surface area contributed by atoms with Crippen molar-refractivity contribution in [1.82, 2.24) is 4.90 Å². The number of rotatable bonds is 10. The predicted octanol–water partition coefficient (Wildman–Crippen LogP) is 3.96. The fourth-order valence-corrected chi connectivity index (χ4v) is 4.04. The molecule has 0 bridgehead atoms. The van der Waals surface area contributed by atoms with E-state index in [4.69, 9.17) is 11.5 Å². The first-order valence-electron chi connectivity index (χ1n) is 11.1. The topological polar surface area (TPSA) is 110 Å². The SMILES string of the molecule is C[C@@](CCCN)(C(N)=O)N(Cc1ccc(O)cc1)C(=O)C(c1ccccc1)c1ccccc1.Cl. The van der Waals surface area contributed by atoms with Crippen LogP contribution in [0.2, 0.25) is 0 Å². The maximum Gasteiger partial charge on any atom is 0.243 e.